The van der Waals surface area contributed by atoms with Gasteiger partial charge >= 0.3 is 0 Å². The standard InChI is InChI=1S/C22H23NO5S/c1-16(19-9-5-7-17-6-3-4-8-20(17)19)15-28-21-14-18(27-2)10-11-22(21)29(25,26)23-12-13-24/h3-11,13-14,16,23H,12,15H2,1-2H3/t16-/m0/s1. The van der Waals surface area contributed by atoms with E-state index in [2.05, 4.69) is 22.9 Å². The van der Waals surface area contributed by atoms with Gasteiger partial charge in [-0.2, -0.15) is 0 Å². The Labute approximate surface area is 170 Å². The Balaban J connectivity index is 1.88. The summed E-state index contributed by atoms with van der Waals surface area (Å²) in [7, 11) is -2.39. The molecule has 0 aliphatic heterocycles. The third kappa shape index (κ3) is 4.75. The highest BCUT2D eigenvalue weighted by Gasteiger charge is 2.21. The van der Waals surface area contributed by atoms with Crippen LogP contribution in [0.5, 0.6) is 11.5 Å². The highest BCUT2D eigenvalue weighted by molar-refractivity contribution is 7.89. The van der Waals surface area contributed by atoms with Crippen molar-refractivity contribution in [3.8, 4) is 11.5 Å². The van der Waals surface area contributed by atoms with Gasteiger partial charge in [0.2, 0.25) is 10.0 Å². The maximum absolute atomic E-state index is 12.5. The lowest BCUT2D eigenvalue weighted by atomic mass is 9.95. The first kappa shape index (κ1) is 20.8. The van der Waals surface area contributed by atoms with Gasteiger partial charge < -0.3 is 14.3 Å². The van der Waals surface area contributed by atoms with Crippen molar-refractivity contribution in [3.63, 3.8) is 0 Å². The minimum atomic E-state index is -3.89. The van der Waals surface area contributed by atoms with Gasteiger partial charge in [-0.1, -0.05) is 49.4 Å². The summed E-state index contributed by atoms with van der Waals surface area (Å²) < 4.78 is 38.4. The number of hydrogen-bond donors (Lipinski definition) is 1. The number of methoxy groups -OCH3 is 1. The first-order chi connectivity index (χ1) is 14.0. The SMILES string of the molecule is COc1ccc(S(=O)(=O)NCC=O)c(OC[C@H](C)c2cccc3ccccc23)c1. The van der Waals surface area contributed by atoms with Crippen LogP contribution in [-0.2, 0) is 14.8 Å². The average Bonchev–Trinajstić information content (AvgIpc) is 2.75. The van der Waals surface area contributed by atoms with Gasteiger partial charge in [0.25, 0.3) is 0 Å². The maximum Gasteiger partial charge on any atom is 0.244 e. The molecular weight excluding hydrogens is 390 g/mol. The molecule has 0 saturated carbocycles. The molecule has 0 aromatic heterocycles. The van der Waals surface area contributed by atoms with Crippen molar-refractivity contribution in [1.82, 2.24) is 4.72 Å². The minimum absolute atomic E-state index is 0.0192. The van der Waals surface area contributed by atoms with E-state index in [-0.39, 0.29) is 29.7 Å². The van der Waals surface area contributed by atoms with E-state index < -0.39 is 10.0 Å². The van der Waals surface area contributed by atoms with Gasteiger partial charge in [-0.05, 0) is 28.5 Å². The number of hydrogen-bond acceptors (Lipinski definition) is 5. The molecule has 0 radical (unpaired) electrons. The Hall–Kier alpha value is -2.90. The number of sulfonamides is 1. The lowest BCUT2D eigenvalue weighted by molar-refractivity contribution is -0.106. The second kappa shape index (κ2) is 9.07. The fourth-order valence-electron chi connectivity index (χ4n) is 3.16. The van der Waals surface area contributed by atoms with Crippen LogP contribution >= 0.6 is 0 Å². The van der Waals surface area contributed by atoms with Crippen molar-refractivity contribution in [2.24, 2.45) is 0 Å². The van der Waals surface area contributed by atoms with E-state index in [1.54, 1.807) is 0 Å². The first-order valence-corrected chi connectivity index (χ1v) is 10.7. The zero-order valence-corrected chi connectivity index (χ0v) is 17.1. The van der Waals surface area contributed by atoms with Crippen LogP contribution in [0.15, 0.2) is 65.6 Å². The van der Waals surface area contributed by atoms with Crippen molar-refractivity contribution in [3.05, 3.63) is 66.2 Å². The molecule has 0 amide bonds. The summed E-state index contributed by atoms with van der Waals surface area (Å²) in [6, 6.07) is 18.7. The van der Waals surface area contributed by atoms with Crippen molar-refractivity contribution < 1.29 is 22.7 Å². The molecule has 3 aromatic rings. The van der Waals surface area contributed by atoms with Crippen molar-refractivity contribution in [2.45, 2.75) is 17.7 Å². The van der Waals surface area contributed by atoms with Gasteiger partial charge in [-0.25, -0.2) is 13.1 Å². The Morgan fingerprint density at radius 3 is 2.59 bits per heavy atom. The van der Waals surface area contributed by atoms with Gasteiger partial charge in [0, 0.05) is 12.0 Å². The number of fused-ring (bicyclic) bond motifs is 1. The number of carbonyl (C=O) groups excluding carboxylic acids is 1. The van der Waals surface area contributed by atoms with E-state index in [1.807, 2.05) is 31.2 Å². The Morgan fingerprint density at radius 1 is 1.07 bits per heavy atom. The molecule has 7 heteroatoms. The topological polar surface area (TPSA) is 81.7 Å². The number of ether oxygens (including phenoxy) is 2. The summed E-state index contributed by atoms with van der Waals surface area (Å²) in [5.41, 5.74) is 1.12. The van der Waals surface area contributed by atoms with E-state index in [0.717, 1.165) is 16.3 Å². The van der Waals surface area contributed by atoms with Crippen LogP contribution in [0.2, 0.25) is 0 Å². The van der Waals surface area contributed by atoms with Crippen molar-refractivity contribution in [1.29, 1.82) is 0 Å². The zero-order valence-electron chi connectivity index (χ0n) is 16.3. The second-order valence-corrected chi connectivity index (χ2v) is 8.35. The molecule has 0 aliphatic rings. The van der Waals surface area contributed by atoms with Gasteiger partial charge in [-0.3, -0.25) is 0 Å². The van der Waals surface area contributed by atoms with Crippen molar-refractivity contribution >= 4 is 27.1 Å². The third-order valence-electron chi connectivity index (χ3n) is 4.64. The van der Waals surface area contributed by atoms with E-state index in [4.69, 9.17) is 9.47 Å². The Morgan fingerprint density at radius 2 is 1.83 bits per heavy atom. The Bertz CT molecular complexity index is 1110. The molecular formula is C22H23NO5S. The largest absolute Gasteiger partial charge is 0.497 e. The fraction of sp³-hybridized carbons (Fsp3) is 0.227. The van der Waals surface area contributed by atoms with Crippen LogP contribution in [-0.4, -0.2) is 35.0 Å². The monoisotopic (exact) mass is 413 g/mol. The first-order valence-electron chi connectivity index (χ1n) is 9.18. The summed E-state index contributed by atoms with van der Waals surface area (Å²) in [4.78, 5) is 10.5. The second-order valence-electron chi connectivity index (χ2n) is 6.61. The molecule has 0 saturated heterocycles. The summed E-state index contributed by atoms with van der Waals surface area (Å²) >= 11 is 0. The molecule has 1 N–H and O–H groups in total. The van der Waals surface area contributed by atoms with Crippen LogP contribution in [0.25, 0.3) is 10.8 Å². The molecule has 152 valence electrons. The molecule has 0 unspecified atom stereocenters. The quantitative estimate of drug-likeness (QED) is 0.543. The number of benzene rings is 3. The predicted octanol–water partition coefficient (Wildman–Crippen LogP) is 3.51. The maximum atomic E-state index is 12.5. The number of aldehydes is 1. The predicted molar refractivity (Wildman–Crippen MR) is 112 cm³/mol. The van der Waals surface area contributed by atoms with Gasteiger partial charge in [0.05, 0.1) is 20.3 Å². The summed E-state index contributed by atoms with van der Waals surface area (Å²) in [5.74, 6) is 0.674. The molecule has 0 bridgehead atoms. The minimum Gasteiger partial charge on any atom is -0.497 e. The van der Waals surface area contributed by atoms with E-state index in [1.165, 1.54) is 25.3 Å². The molecule has 1 atom stereocenters. The zero-order chi connectivity index (χ0) is 20.9. The van der Waals surface area contributed by atoms with Crippen LogP contribution < -0.4 is 14.2 Å². The molecule has 3 rings (SSSR count). The summed E-state index contributed by atoms with van der Waals surface area (Å²) in [5, 5.41) is 2.27. The molecule has 29 heavy (non-hydrogen) atoms. The van der Waals surface area contributed by atoms with Crippen LogP contribution in [0.1, 0.15) is 18.4 Å². The highest BCUT2D eigenvalue weighted by atomic mass is 32.2. The third-order valence-corrected chi connectivity index (χ3v) is 6.10. The summed E-state index contributed by atoms with van der Waals surface area (Å²) in [6.07, 6.45) is 0.490. The molecule has 0 aliphatic carbocycles. The lowest BCUT2D eigenvalue weighted by Gasteiger charge is -2.18. The molecule has 6 nitrogen and oxygen atoms in total. The number of rotatable bonds is 9. The molecule has 3 aromatic carbocycles. The van der Waals surface area contributed by atoms with Gasteiger partial charge in [0.15, 0.2) is 0 Å². The van der Waals surface area contributed by atoms with Crippen LogP contribution in [0.3, 0.4) is 0 Å². The average molecular weight is 413 g/mol. The molecule has 0 heterocycles. The van der Waals surface area contributed by atoms with Gasteiger partial charge in [0.1, 0.15) is 22.7 Å². The fourth-order valence-corrected chi connectivity index (χ4v) is 4.23. The molecule has 0 fully saturated rings. The summed E-state index contributed by atoms with van der Waals surface area (Å²) in [6.45, 7) is 2.00. The van der Waals surface area contributed by atoms with E-state index >= 15 is 0 Å². The number of nitrogens with one attached hydrogen (secondary N) is 1. The van der Waals surface area contributed by atoms with Crippen molar-refractivity contribution in [2.75, 3.05) is 20.3 Å². The van der Waals surface area contributed by atoms with Gasteiger partial charge in [-0.15, -0.1) is 0 Å². The number of carbonyl (C=O) groups is 1. The van der Waals surface area contributed by atoms with Crippen LogP contribution in [0.4, 0.5) is 0 Å². The smallest absolute Gasteiger partial charge is 0.244 e. The van der Waals surface area contributed by atoms with Crippen LogP contribution in [0, 0.1) is 0 Å². The lowest BCUT2D eigenvalue weighted by Crippen LogP contribution is -2.26. The molecule has 0 spiro atoms. The highest BCUT2D eigenvalue weighted by Crippen LogP contribution is 2.31. The Kier molecular flexibility index (Phi) is 6.51. The van der Waals surface area contributed by atoms with E-state index in [0.29, 0.717) is 12.0 Å². The normalized spacial score (nSPS) is 12.5. The van der Waals surface area contributed by atoms with E-state index in [9.17, 15) is 13.2 Å².